The molecular weight excluding hydrogens is 344 g/mol. The van der Waals surface area contributed by atoms with Crippen LogP contribution in [0.1, 0.15) is 84.0 Å². The van der Waals surface area contributed by atoms with Crippen LogP contribution in [0.2, 0.25) is 0 Å². The highest BCUT2D eigenvalue weighted by molar-refractivity contribution is 4.89. The van der Waals surface area contributed by atoms with Crippen molar-refractivity contribution in [1.82, 2.24) is 0 Å². The van der Waals surface area contributed by atoms with E-state index in [1.54, 1.807) is 0 Å². The van der Waals surface area contributed by atoms with Crippen molar-refractivity contribution in [2.24, 2.45) is 0 Å². The zero-order chi connectivity index (χ0) is 19.7. The molecule has 0 unspecified atom stereocenters. The summed E-state index contributed by atoms with van der Waals surface area (Å²) in [5.41, 5.74) is 0. The van der Waals surface area contributed by atoms with Gasteiger partial charge in [-0.15, -0.1) is 0 Å². The summed E-state index contributed by atoms with van der Waals surface area (Å²) < 4.78 is 11.0. The minimum atomic E-state index is -1.01. The lowest BCUT2D eigenvalue weighted by Gasteiger charge is -2.23. The van der Waals surface area contributed by atoms with Gasteiger partial charge >= 0.3 is 0 Å². The fraction of sp³-hybridized carbons (Fsp3) is 0.909. The predicted molar refractivity (Wildman–Crippen MR) is 109 cm³/mol. The molecule has 1 rings (SSSR count). The summed E-state index contributed by atoms with van der Waals surface area (Å²) in [5.74, 6) is 0. The van der Waals surface area contributed by atoms with Crippen LogP contribution in [-0.4, -0.2) is 59.6 Å². The molecule has 3 N–H and O–H groups in total. The molecule has 0 spiro atoms. The molecule has 27 heavy (non-hydrogen) atoms. The monoisotopic (exact) mass is 386 g/mol. The lowest BCUT2D eigenvalue weighted by atomic mass is 10.1. The molecule has 0 aromatic heterocycles. The highest BCUT2D eigenvalue weighted by atomic mass is 16.6. The van der Waals surface area contributed by atoms with Gasteiger partial charge in [0.2, 0.25) is 0 Å². The van der Waals surface area contributed by atoms with Gasteiger partial charge in [0.15, 0.2) is 0 Å². The maximum absolute atomic E-state index is 9.86. The van der Waals surface area contributed by atoms with Crippen molar-refractivity contribution in [2.45, 2.75) is 108 Å². The number of hydrogen-bond donors (Lipinski definition) is 3. The first-order valence-corrected chi connectivity index (χ1v) is 11.1. The van der Waals surface area contributed by atoms with Crippen LogP contribution in [0.5, 0.6) is 0 Å². The van der Waals surface area contributed by atoms with Crippen LogP contribution in [0.3, 0.4) is 0 Å². The van der Waals surface area contributed by atoms with E-state index in [0.29, 0.717) is 6.61 Å². The third kappa shape index (κ3) is 11.2. The van der Waals surface area contributed by atoms with Crippen molar-refractivity contribution in [3.63, 3.8) is 0 Å². The number of hydrogen-bond acceptors (Lipinski definition) is 5. The maximum atomic E-state index is 9.86. The zero-order valence-electron chi connectivity index (χ0n) is 17.2. The maximum Gasteiger partial charge on any atom is 0.114 e. The molecule has 1 fully saturated rings. The summed E-state index contributed by atoms with van der Waals surface area (Å²) in [6.45, 7) is 2.49. The number of aliphatic hydroxyl groups is 3. The molecule has 0 bridgehead atoms. The Morgan fingerprint density at radius 1 is 0.963 bits per heavy atom. The van der Waals surface area contributed by atoms with E-state index in [4.69, 9.17) is 14.6 Å². The molecule has 1 aliphatic rings. The SMILES string of the molecule is CCCCCCCCCCCC/C=C/CCO[C@@H]1[C@H]([C@@H](O)CO)OC[C@H]1O. The van der Waals surface area contributed by atoms with Gasteiger partial charge in [-0.05, 0) is 19.3 Å². The molecule has 0 radical (unpaired) electrons. The zero-order valence-corrected chi connectivity index (χ0v) is 17.2. The van der Waals surface area contributed by atoms with Gasteiger partial charge in [-0.25, -0.2) is 0 Å². The summed E-state index contributed by atoms with van der Waals surface area (Å²) in [6.07, 6.45) is 16.8. The Balaban J connectivity index is 1.93. The second-order valence-corrected chi connectivity index (χ2v) is 7.68. The van der Waals surface area contributed by atoms with Gasteiger partial charge in [-0.3, -0.25) is 0 Å². The third-order valence-corrected chi connectivity index (χ3v) is 5.21. The molecule has 0 saturated carbocycles. The first-order chi connectivity index (χ1) is 13.2. The summed E-state index contributed by atoms with van der Waals surface area (Å²) in [5, 5.41) is 28.6. The molecule has 160 valence electrons. The summed E-state index contributed by atoms with van der Waals surface area (Å²) in [7, 11) is 0. The van der Waals surface area contributed by atoms with Crippen LogP contribution < -0.4 is 0 Å². The number of unbranched alkanes of at least 4 members (excludes halogenated alkanes) is 10. The fourth-order valence-corrected chi connectivity index (χ4v) is 3.52. The van der Waals surface area contributed by atoms with Crippen molar-refractivity contribution < 1.29 is 24.8 Å². The second kappa shape index (κ2) is 16.5. The third-order valence-electron chi connectivity index (χ3n) is 5.21. The van der Waals surface area contributed by atoms with E-state index in [0.717, 1.165) is 12.8 Å². The van der Waals surface area contributed by atoms with Crippen molar-refractivity contribution in [3.05, 3.63) is 12.2 Å². The first kappa shape index (κ1) is 24.6. The van der Waals surface area contributed by atoms with Gasteiger partial charge < -0.3 is 24.8 Å². The highest BCUT2D eigenvalue weighted by Gasteiger charge is 2.40. The second-order valence-electron chi connectivity index (χ2n) is 7.68. The summed E-state index contributed by atoms with van der Waals surface area (Å²) in [6, 6.07) is 0. The molecule has 0 aromatic rings. The van der Waals surface area contributed by atoms with Crippen LogP contribution in [0.4, 0.5) is 0 Å². The van der Waals surface area contributed by atoms with E-state index >= 15 is 0 Å². The van der Waals surface area contributed by atoms with Crippen LogP contribution >= 0.6 is 0 Å². The Kier molecular flexibility index (Phi) is 15.0. The van der Waals surface area contributed by atoms with E-state index in [9.17, 15) is 10.2 Å². The molecule has 1 aliphatic heterocycles. The predicted octanol–water partition coefficient (Wildman–Crippen LogP) is 3.74. The van der Waals surface area contributed by atoms with Gasteiger partial charge in [-0.2, -0.15) is 0 Å². The lowest BCUT2D eigenvalue weighted by molar-refractivity contribution is -0.0924. The van der Waals surface area contributed by atoms with Gasteiger partial charge in [0.1, 0.15) is 24.4 Å². The quantitative estimate of drug-likeness (QED) is 0.262. The largest absolute Gasteiger partial charge is 0.394 e. The van der Waals surface area contributed by atoms with E-state index in [1.165, 1.54) is 64.2 Å². The molecule has 0 amide bonds. The molecule has 1 heterocycles. The van der Waals surface area contributed by atoms with Gasteiger partial charge in [0.05, 0.1) is 19.8 Å². The van der Waals surface area contributed by atoms with Crippen LogP contribution in [0, 0.1) is 0 Å². The average Bonchev–Trinajstić information content (AvgIpc) is 3.04. The Labute approximate surface area is 165 Å². The standard InChI is InChI=1S/C22H42O5/c1-2-3-4-5-6-7-8-9-10-11-12-13-14-15-16-26-22-20(25)18-27-21(22)19(24)17-23/h13-14,19-25H,2-12,15-18H2,1H3/b14-13+/t19-,20+,21-,22-/m0/s1. The smallest absolute Gasteiger partial charge is 0.114 e. The van der Waals surface area contributed by atoms with Crippen LogP contribution in [-0.2, 0) is 9.47 Å². The minimum absolute atomic E-state index is 0.140. The van der Waals surface area contributed by atoms with Gasteiger partial charge in [0, 0.05) is 0 Å². The van der Waals surface area contributed by atoms with Gasteiger partial charge in [0.25, 0.3) is 0 Å². The summed E-state index contributed by atoms with van der Waals surface area (Å²) >= 11 is 0. The van der Waals surface area contributed by atoms with E-state index in [-0.39, 0.29) is 6.61 Å². The normalized spacial score (nSPS) is 24.1. The van der Waals surface area contributed by atoms with Crippen molar-refractivity contribution in [3.8, 4) is 0 Å². The average molecular weight is 387 g/mol. The molecule has 0 aromatic carbocycles. The molecule has 4 atom stereocenters. The minimum Gasteiger partial charge on any atom is -0.394 e. The Morgan fingerprint density at radius 3 is 2.19 bits per heavy atom. The molecular formula is C22H42O5. The van der Waals surface area contributed by atoms with Crippen molar-refractivity contribution in [2.75, 3.05) is 19.8 Å². The molecule has 5 nitrogen and oxygen atoms in total. The Hall–Kier alpha value is -0.460. The number of allylic oxidation sites excluding steroid dienone is 1. The van der Waals surface area contributed by atoms with E-state index < -0.39 is 31.0 Å². The Morgan fingerprint density at radius 2 is 1.56 bits per heavy atom. The number of rotatable bonds is 17. The molecule has 0 aliphatic carbocycles. The van der Waals surface area contributed by atoms with Crippen molar-refractivity contribution in [1.29, 1.82) is 0 Å². The first-order valence-electron chi connectivity index (χ1n) is 11.1. The van der Waals surface area contributed by atoms with Crippen LogP contribution in [0.15, 0.2) is 12.2 Å². The topological polar surface area (TPSA) is 79.2 Å². The highest BCUT2D eigenvalue weighted by Crippen LogP contribution is 2.21. The van der Waals surface area contributed by atoms with Crippen molar-refractivity contribution >= 4 is 0 Å². The fourth-order valence-electron chi connectivity index (χ4n) is 3.52. The number of ether oxygens (including phenoxy) is 2. The molecule has 5 heteroatoms. The van der Waals surface area contributed by atoms with Gasteiger partial charge in [-0.1, -0.05) is 76.9 Å². The molecule has 1 saturated heterocycles. The van der Waals surface area contributed by atoms with E-state index in [2.05, 4.69) is 19.1 Å². The van der Waals surface area contributed by atoms with E-state index in [1.807, 2.05) is 0 Å². The van der Waals surface area contributed by atoms with Crippen LogP contribution in [0.25, 0.3) is 0 Å². The number of aliphatic hydroxyl groups excluding tert-OH is 3. The lowest BCUT2D eigenvalue weighted by Crippen LogP contribution is -2.42. The summed E-state index contributed by atoms with van der Waals surface area (Å²) in [4.78, 5) is 0. The Bertz CT molecular complexity index is 361.